The summed E-state index contributed by atoms with van der Waals surface area (Å²) >= 11 is 1.87. The number of anilines is 1. The molecule has 4 nitrogen and oxygen atoms in total. The zero-order valence-corrected chi connectivity index (χ0v) is 21.3. The second-order valence-corrected chi connectivity index (χ2v) is 11.9. The lowest BCUT2D eigenvalue weighted by Crippen LogP contribution is -2.60. The van der Waals surface area contributed by atoms with Gasteiger partial charge in [-0.1, -0.05) is 36.8 Å². The number of rotatable bonds is 9. The van der Waals surface area contributed by atoms with Crippen LogP contribution in [-0.2, 0) is 12.8 Å². The minimum atomic E-state index is 0.0980. The number of hydrogen-bond donors (Lipinski definition) is 2. The quantitative estimate of drug-likeness (QED) is 0.340. The molecule has 2 N–H and O–H groups in total. The van der Waals surface area contributed by atoms with Crippen molar-refractivity contribution in [2.75, 3.05) is 5.32 Å². The van der Waals surface area contributed by atoms with Gasteiger partial charge in [-0.25, -0.2) is 9.97 Å². The van der Waals surface area contributed by atoms with E-state index in [4.69, 9.17) is 4.98 Å². The number of benzene rings is 1. The highest BCUT2D eigenvalue weighted by atomic mass is 32.1. The molecule has 0 amide bonds. The van der Waals surface area contributed by atoms with Gasteiger partial charge in [-0.05, 0) is 90.0 Å². The van der Waals surface area contributed by atoms with E-state index in [0.29, 0.717) is 6.04 Å². The lowest BCUT2D eigenvalue weighted by Gasteiger charge is -2.46. The molecule has 1 aliphatic heterocycles. The van der Waals surface area contributed by atoms with Crippen LogP contribution in [0.25, 0.3) is 10.6 Å². The Morgan fingerprint density at radius 3 is 2.39 bits per heavy atom. The van der Waals surface area contributed by atoms with Crippen LogP contribution in [0.3, 0.4) is 0 Å². The van der Waals surface area contributed by atoms with Crippen molar-refractivity contribution < 1.29 is 0 Å². The summed E-state index contributed by atoms with van der Waals surface area (Å²) in [5, 5.41) is 7.35. The van der Waals surface area contributed by atoms with Crippen molar-refractivity contribution in [1.82, 2.24) is 15.3 Å². The Morgan fingerprint density at radius 1 is 0.909 bits per heavy atom. The Bertz CT molecular complexity index is 1010. The Morgan fingerprint density at radius 2 is 1.64 bits per heavy atom. The summed E-state index contributed by atoms with van der Waals surface area (Å²) in [5.74, 6) is 0.738. The zero-order valence-electron chi connectivity index (χ0n) is 20.5. The lowest BCUT2D eigenvalue weighted by molar-refractivity contribution is 0.170. The van der Waals surface area contributed by atoms with E-state index in [9.17, 15) is 0 Å². The van der Waals surface area contributed by atoms with Gasteiger partial charge in [0, 0.05) is 28.2 Å². The van der Waals surface area contributed by atoms with E-state index < -0.39 is 0 Å². The standard InChI is InChI=1S/C28H38N4S/c1-27(2)19-22(20-28(3,4)32-27)30-26-29-18-17-24(31-26)25-16-15-23(33-25)14-10-6-9-13-21-11-7-5-8-12-21/h5,7-8,11-12,15-18,22,32H,6,9-10,13-14,19-20H2,1-4H3,(H,29,30,31). The molecule has 1 saturated heterocycles. The van der Waals surface area contributed by atoms with Gasteiger partial charge in [0.25, 0.3) is 0 Å². The van der Waals surface area contributed by atoms with E-state index in [1.165, 1.54) is 41.0 Å². The second kappa shape index (κ2) is 10.4. The molecule has 4 rings (SSSR count). The number of nitrogens with one attached hydrogen (secondary N) is 2. The average molecular weight is 463 g/mol. The highest BCUT2D eigenvalue weighted by Crippen LogP contribution is 2.31. The van der Waals surface area contributed by atoms with Gasteiger partial charge in [0.2, 0.25) is 5.95 Å². The molecule has 2 aromatic heterocycles. The molecular weight excluding hydrogens is 424 g/mol. The molecule has 3 aromatic rings. The third-order valence-electron chi connectivity index (χ3n) is 6.32. The Hall–Kier alpha value is -2.24. The van der Waals surface area contributed by atoms with Crippen molar-refractivity contribution >= 4 is 17.3 Å². The summed E-state index contributed by atoms with van der Waals surface area (Å²) in [5.41, 5.74) is 2.66. The van der Waals surface area contributed by atoms with Gasteiger partial charge in [-0.3, -0.25) is 0 Å². The van der Waals surface area contributed by atoms with E-state index >= 15 is 0 Å². The largest absolute Gasteiger partial charge is 0.351 e. The Kier molecular flexibility index (Phi) is 7.50. The van der Waals surface area contributed by atoms with Gasteiger partial charge in [0.1, 0.15) is 0 Å². The van der Waals surface area contributed by atoms with Gasteiger partial charge in [-0.15, -0.1) is 11.3 Å². The fourth-order valence-corrected chi connectivity index (χ4v) is 6.29. The highest BCUT2D eigenvalue weighted by molar-refractivity contribution is 7.15. The Labute approximate surface area is 203 Å². The molecular formula is C28H38N4S. The van der Waals surface area contributed by atoms with Crippen LogP contribution >= 0.6 is 11.3 Å². The van der Waals surface area contributed by atoms with Crippen molar-refractivity contribution in [3.8, 4) is 10.6 Å². The molecule has 0 saturated carbocycles. The summed E-state index contributed by atoms with van der Waals surface area (Å²) in [7, 11) is 0. The van der Waals surface area contributed by atoms with Crippen LogP contribution in [-0.4, -0.2) is 27.1 Å². The smallest absolute Gasteiger partial charge is 0.223 e. The molecule has 176 valence electrons. The van der Waals surface area contributed by atoms with Crippen molar-refractivity contribution in [3.05, 3.63) is 65.2 Å². The maximum absolute atomic E-state index is 4.86. The number of hydrogen-bond acceptors (Lipinski definition) is 5. The molecule has 3 heterocycles. The molecule has 5 heteroatoms. The molecule has 0 spiro atoms. The van der Waals surface area contributed by atoms with Gasteiger partial charge in [0.05, 0.1) is 10.6 Å². The van der Waals surface area contributed by atoms with E-state index in [-0.39, 0.29) is 11.1 Å². The first kappa shape index (κ1) is 23.9. The third-order valence-corrected chi connectivity index (χ3v) is 7.49. The van der Waals surface area contributed by atoms with E-state index in [2.05, 4.69) is 85.8 Å². The molecule has 0 bridgehead atoms. The summed E-state index contributed by atoms with van der Waals surface area (Å²) in [6.07, 6.45) is 10.1. The Balaban J connectivity index is 1.30. The minimum Gasteiger partial charge on any atom is -0.351 e. The highest BCUT2D eigenvalue weighted by Gasteiger charge is 2.37. The molecule has 0 radical (unpaired) electrons. The normalized spacial score (nSPS) is 17.7. The van der Waals surface area contributed by atoms with E-state index in [1.54, 1.807) is 0 Å². The maximum Gasteiger partial charge on any atom is 0.223 e. The first-order valence-electron chi connectivity index (χ1n) is 12.3. The van der Waals surface area contributed by atoms with Crippen LogP contribution < -0.4 is 10.6 Å². The van der Waals surface area contributed by atoms with Crippen LogP contribution in [0.1, 0.15) is 70.2 Å². The van der Waals surface area contributed by atoms with Crippen LogP contribution in [0.5, 0.6) is 0 Å². The predicted octanol–water partition coefficient (Wildman–Crippen LogP) is 6.88. The van der Waals surface area contributed by atoms with Gasteiger partial charge in [0.15, 0.2) is 0 Å². The van der Waals surface area contributed by atoms with Crippen LogP contribution in [0.4, 0.5) is 5.95 Å². The van der Waals surface area contributed by atoms with Crippen molar-refractivity contribution in [3.63, 3.8) is 0 Å². The maximum atomic E-state index is 4.86. The van der Waals surface area contributed by atoms with Crippen molar-refractivity contribution in [2.45, 2.75) is 89.8 Å². The van der Waals surface area contributed by atoms with Crippen LogP contribution in [0.15, 0.2) is 54.7 Å². The number of aryl methyl sites for hydroxylation is 2. The first-order chi connectivity index (χ1) is 15.8. The number of aromatic nitrogens is 2. The van der Waals surface area contributed by atoms with Crippen molar-refractivity contribution in [1.29, 1.82) is 0 Å². The summed E-state index contributed by atoms with van der Waals surface area (Å²) in [4.78, 5) is 12.0. The van der Waals surface area contributed by atoms with Gasteiger partial charge in [-0.2, -0.15) is 0 Å². The molecule has 1 aliphatic rings. The van der Waals surface area contributed by atoms with E-state index in [1.807, 2.05) is 23.6 Å². The number of thiophene rings is 1. The molecule has 1 fully saturated rings. The number of piperidine rings is 1. The first-order valence-corrected chi connectivity index (χ1v) is 13.1. The minimum absolute atomic E-state index is 0.0980. The fourth-order valence-electron chi connectivity index (χ4n) is 5.27. The topological polar surface area (TPSA) is 49.8 Å². The third kappa shape index (κ3) is 7.12. The van der Waals surface area contributed by atoms with Crippen LogP contribution in [0.2, 0.25) is 0 Å². The lowest BCUT2D eigenvalue weighted by atomic mass is 9.80. The molecule has 0 unspecified atom stereocenters. The molecule has 0 atom stereocenters. The van der Waals surface area contributed by atoms with Gasteiger partial charge < -0.3 is 10.6 Å². The second-order valence-electron chi connectivity index (χ2n) is 10.7. The SMILES string of the molecule is CC1(C)CC(Nc2nccc(-c3ccc(CCCCCc4ccccc4)s3)n2)CC(C)(C)N1. The zero-order chi connectivity index (χ0) is 23.3. The molecule has 33 heavy (non-hydrogen) atoms. The number of nitrogens with zero attached hydrogens (tertiary/aromatic N) is 2. The summed E-state index contributed by atoms with van der Waals surface area (Å²) in [6, 6.07) is 17.7. The average Bonchev–Trinajstić information content (AvgIpc) is 3.21. The van der Waals surface area contributed by atoms with E-state index in [0.717, 1.165) is 30.9 Å². The summed E-state index contributed by atoms with van der Waals surface area (Å²) in [6.45, 7) is 9.09. The fraction of sp³-hybridized carbons (Fsp3) is 0.500. The predicted molar refractivity (Wildman–Crippen MR) is 141 cm³/mol. The monoisotopic (exact) mass is 462 g/mol. The molecule has 0 aliphatic carbocycles. The molecule has 1 aromatic carbocycles. The van der Waals surface area contributed by atoms with Gasteiger partial charge >= 0.3 is 0 Å². The van der Waals surface area contributed by atoms with Crippen molar-refractivity contribution in [2.24, 2.45) is 0 Å². The van der Waals surface area contributed by atoms with Crippen LogP contribution in [0, 0.1) is 0 Å². The summed E-state index contributed by atoms with van der Waals surface area (Å²) < 4.78 is 0. The number of unbranched alkanes of at least 4 members (excludes halogenated alkanes) is 2.